The van der Waals surface area contributed by atoms with Gasteiger partial charge in [0, 0.05) is 38.7 Å². The van der Waals surface area contributed by atoms with Crippen LogP contribution in [0.2, 0.25) is 0 Å². The fourth-order valence-electron chi connectivity index (χ4n) is 3.04. The molecule has 0 fully saturated rings. The first-order chi connectivity index (χ1) is 14.0. The Kier molecular flexibility index (Phi) is 6.59. The molecule has 3 aromatic rings. The van der Waals surface area contributed by atoms with Crippen LogP contribution in [0.15, 0.2) is 48.9 Å². The second-order valence-corrected chi connectivity index (χ2v) is 7.51. The van der Waals surface area contributed by atoms with Gasteiger partial charge in [-0.2, -0.15) is 0 Å². The lowest BCUT2D eigenvalue weighted by Crippen LogP contribution is -2.30. The molecule has 152 valence electrons. The lowest BCUT2D eigenvalue weighted by Gasteiger charge is -2.16. The third kappa shape index (κ3) is 4.99. The van der Waals surface area contributed by atoms with E-state index in [1.54, 1.807) is 34.9 Å². The highest BCUT2D eigenvalue weighted by Crippen LogP contribution is 2.15. The van der Waals surface area contributed by atoms with Gasteiger partial charge in [0.15, 0.2) is 5.69 Å². The second kappa shape index (κ2) is 9.32. The fraction of sp³-hybridized carbons (Fsp3) is 0.364. The second-order valence-electron chi connectivity index (χ2n) is 7.51. The van der Waals surface area contributed by atoms with E-state index in [1.807, 2.05) is 30.3 Å². The Labute approximate surface area is 170 Å². The highest BCUT2D eigenvalue weighted by Gasteiger charge is 2.23. The maximum absolute atomic E-state index is 13.0. The van der Waals surface area contributed by atoms with Crippen LogP contribution in [0.3, 0.4) is 0 Å². The monoisotopic (exact) mass is 393 g/mol. The van der Waals surface area contributed by atoms with Crippen molar-refractivity contribution in [1.82, 2.24) is 24.6 Å². The molecular weight excluding hydrogens is 366 g/mol. The number of aromatic nitrogens is 3. The van der Waals surface area contributed by atoms with Crippen LogP contribution in [-0.2, 0) is 6.42 Å². The van der Waals surface area contributed by atoms with E-state index in [2.05, 4.69) is 29.1 Å². The molecule has 0 unspecified atom stereocenters. The van der Waals surface area contributed by atoms with E-state index in [9.17, 15) is 9.59 Å². The van der Waals surface area contributed by atoms with Crippen LogP contribution >= 0.6 is 0 Å². The molecular formula is C22H27N5O2. The summed E-state index contributed by atoms with van der Waals surface area (Å²) in [4.78, 5) is 35.7. The molecule has 0 aromatic carbocycles. The van der Waals surface area contributed by atoms with Crippen LogP contribution in [0.4, 0.5) is 0 Å². The SMILES string of the molecule is CC(C)CCNC(=O)c1nc(C(=O)N(C)CCc2ccncc2)c2ccccn12. The summed E-state index contributed by atoms with van der Waals surface area (Å²) in [6.45, 7) is 5.34. The van der Waals surface area contributed by atoms with E-state index in [4.69, 9.17) is 0 Å². The van der Waals surface area contributed by atoms with E-state index in [-0.39, 0.29) is 23.3 Å². The Bertz CT molecular complexity index is 981. The summed E-state index contributed by atoms with van der Waals surface area (Å²) < 4.78 is 1.68. The van der Waals surface area contributed by atoms with Crippen LogP contribution in [-0.4, -0.2) is 51.2 Å². The molecule has 0 saturated carbocycles. The van der Waals surface area contributed by atoms with Crippen LogP contribution in [0.5, 0.6) is 0 Å². The molecule has 1 N–H and O–H groups in total. The molecule has 0 aliphatic rings. The molecule has 0 atom stereocenters. The number of carbonyl (C=O) groups is 2. The molecule has 0 aliphatic heterocycles. The number of imidazole rings is 1. The normalized spacial score (nSPS) is 11.0. The quantitative estimate of drug-likeness (QED) is 0.638. The highest BCUT2D eigenvalue weighted by atomic mass is 16.2. The van der Waals surface area contributed by atoms with Crippen molar-refractivity contribution in [3.63, 3.8) is 0 Å². The number of rotatable bonds is 8. The molecule has 29 heavy (non-hydrogen) atoms. The predicted octanol–water partition coefficient (Wildman–Crippen LogP) is 2.82. The van der Waals surface area contributed by atoms with Gasteiger partial charge in [-0.15, -0.1) is 0 Å². The number of nitrogens with one attached hydrogen (secondary N) is 1. The van der Waals surface area contributed by atoms with Gasteiger partial charge in [0.2, 0.25) is 5.82 Å². The van der Waals surface area contributed by atoms with Crippen molar-refractivity contribution in [2.45, 2.75) is 26.7 Å². The van der Waals surface area contributed by atoms with Gasteiger partial charge in [-0.3, -0.25) is 19.0 Å². The van der Waals surface area contributed by atoms with Gasteiger partial charge in [0.25, 0.3) is 11.8 Å². The van der Waals surface area contributed by atoms with Gasteiger partial charge >= 0.3 is 0 Å². The first kappa shape index (κ1) is 20.5. The predicted molar refractivity (Wildman–Crippen MR) is 112 cm³/mol. The van der Waals surface area contributed by atoms with Crippen molar-refractivity contribution in [2.75, 3.05) is 20.1 Å². The molecule has 7 heteroatoms. The van der Waals surface area contributed by atoms with Gasteiger partial charge in [-0.05, 0) is 48.6 Å². The minimum Gasteiger partial charge on any atom is -0.349 e. The molecule has 0 bridgehead atoms. The number of fused-ring (bicyclic) bond motifs is 1. The molecule has 2 amide bonds. The Morgan fingerprint density at radius 1 is 1.17 bits per heavy atom. The summed E-state index contributed by atoms with van der Waals surface area (Å²) in [5.41, 5.74) is 2.03. The lowest BCUT2D eigenvalue weighted by molar-refractivity contribution is 0.0793. The minimum atomic E-state index is -0.273. The Hall–Kier alpha value is -3.22. The van der Waals surface area contributed by atoms with Gasteiger partial charge in [0.1, 0.15) is 0 Å². The zero-order chi connectivity index (χ0) is 20.8. The highest BCUT2D eigenvalue weighted by molar-refractivity contribution is 6.02. The van der Waals surface area contributed by atoms with Gasteiger partial charge in [-0.1, -0.05) is 19.9 Å². The van der Waals surface area contributed by atoms with Crippen molar-refractivity contribution in [3.05, 3.63) is 66.0 Å². The summed E-state index contributed by atoms with van der Waals surface area (Å²) in [6.07, 6.45) is 6.85. The van der Waals surface area contributed by atoms with Gasteiger partial charge < -0.3 is 10.2 Å². The molecule has 3 heterocycles. The third-order valence-electron chi connectivity index (χ3n) is 4.79. The molecule has 0 saturated heterocycles. The smallest absolute Gasteiger partial charge is 0.287 e. The van der Waals surface area contributed by atoms with E-state index in [1.165, 1.54) is 0 Å². The van der Waals surface area contributed by atoms with Crippen molar-refractivity contribution < 1.29 is 9.59 Å². The largest absolute Gasteiger partial charge is 0.349 e. The van der Waals surface area contributed by atoms with Gasteiger partial charge in [0.05, 0.1) is 5.52 Å². The van der Waals surface area contributed by atoms with E-state index >= 15 is 0 Å². The Morgan fingerprint density at radius 3 is 2.66 bits per heavy atom. The van der Waals surface area contributed by atoms with E-state index in [0.717, 1.165) is 18.4 Å². The topological polar surface area (TPSA) is 79.6 Å². The average molecular weight is 393 g/mol. The standard InChI is InChI=1S/C22H27N5O2/c1-16(2)7-13-24-21(28)20-25-19(18-6-4-5-14-27(18)20)22(29)26(3)15-10-17-8-11-23-12-9-17/h4-6,8-9,11-12,14,16H,7,10,13,15H2,1-3H3,(H,24,28). The first-order valence-corrected chi connectivity index (χ1v) is 9.87. The van der Waals surface area contributed by atoms with Crippen LogP contribution in [0, 0.1) is 5.92 Å². The van der Waals surface area contributed by atoms with Crippen molar-refractivity contribution in [2.24, 2.45) is 5.92 Å². The summed E-state index contributed by atoms with van der Waals surface area (Å²) in [6, 6.07) is 9.34. The minimum absolute atomic E-state index is 0.205. The zero-order valence-corrected chi connectivity index (χ0v) is 17.1. The Morgan fingerprint density at radius 2 is 1.93 bits per heavy atom. The number of hydrogen-bond donors (Lipinski definition) is 1. The van der Waals surface area contributed by atoms with Gasteiger partial charge in [-0.25, -0.2) is 4.98 Å². The molecule has 0 radical (unpaired) electrons. The van der Waals surface area contributed by atoms with Crippen molar-refractivity contribution in [1.29, 1.82) is 0 Å². The number of pyridine rings is 2. The lowest BCUT2D eigenvalue weighted by atomic mass is 10.1. The summed E-state index contributed by atoms with van der Waals surface area (Å²) in [5, 5.41) is 2.90. The van der Waals surface area contributed by atoms with Crippen LogP contribution in [0.1, 0.15) is 46.9 Å². The van der Waals surface area contributed by atoms with Crippen LogP contribution in [0.25, 0.3) is 5.52 Å². The molecule has 0 aliphatic carbocycles. The average Bonchev–Trinajstić information content (AvgIpc) is 3.11. The molecule has 0 spiro atoms. The van der Waals surface area contributed by atoms with E-state index < -0.39 is 0 Å². The molecule has 3 rings (SSSR count). The molecule has 3 aromatic heterocycles. The van der Waals surface area contributed by atoms with Crippen molar-refractivity contribution >= 4 is 17.3 Å². The van der Waals surface area contributed by atoms with Crippen molar-refractivity contribution in [3.8, 4) is 0 Å². The molecule has 7 nitrogen and oxygen atoms in total. The maximum Gasteiger partial charge on any atom is 0.287 e. The summed E-state index contributed by atoms with van der Waals surface area (Å²) >= 11 is 0. The fourth-order valence-corrected chi connectivity index (χ4v) is 3.04. The van der Waals surface area contributed by atoms with E-state index in [0.29, 0.717) is 24.5 Å². The Balaban J connectivity index is 1.78. The summed E-state index contributed by atoms with van der Waals surface area (Å²) in [7, 11) is 1.75. The van der Waals surface area contributed by atoms with Crippen LogP contribution < -0.4 is 5.32 Å². The number of likely N-dealkylation sites (N-methyl/N-ethyl adjacent to an activating group) is 1. The summed E-state index contributed by atoms with van der Waals surface area (Å²) in [5.74, 6) is 0.253. The number of carbonyl (C=O) groups excluding carboxylic acids is 2. The zero-order valence-electron chi connectivity index (χ0n) is 17.1. The maximum atomic E-state index is 13.0. The number of nitrogens with zero attached hydrogens (tertiary/aromatic N) is 4. The third-order valence-corrected chi connectivity index (χ3v) is 4.79. The number of amides is 2. The first-order valence-electron chi connectivity index (χ1n) is 9.87. The number of hydrogen-bond acceptors (Lipinski definition) is 4.